The van der Waals surface area contributed by atoms with Crippen LogP contribution in [0.4, 0.5) is 10.6 Å². The van der Waals surface area contributed by atoms with E-state index in [2.05, 4.69) is 36.0 Å². The number of aromatic nitrogens is 1. The van der Waals surface area contributed by atoms with Crippen LogP contribution < -0.4 is 10.2 Å². The van der Waals surface area contributed by atoms with Gasteiger partial charge in [-0.05, 0) is 36.8 Å². The Hall–Kier alpha value is -2.45. The van der Waals surface area contributed by atoms with E-state index in [-0.39, 0.29) is 11.9 Å². The Morgan fingerprint density at radius 1 is 1.07 bits per heavy atom. The molecular formula is C20H22BrN5O2. The van der Waals surface area contributed by atoms with Gasteiger partial charge in [0.1, 0.15) is 11.4 Å². The lowest BCUT2D eigenvalue weighted by Crippen LogP contribution is -2.51. The molecule has 8 heteroatoms. The number of carbonyl (C=O) groups is 2. The lowest BCUT2D eigenvalue weighted by Gasteiger charge is -2.36. The summed E-state index contributed by atoms with van der Waals surface area (Å²) >= 11 is 3.40. The third-order valence-electron chi connectivity index (χ3n) is 5.38. The molecule has 7 nitrogen and oxygen atoms in total. The van der Waals surface area contributed by atoms with Crippen LogP contribution in [0, 0.1) is 0 Å². The Labute approximate surface area is 172 Å². The predicted octanol–water partition coefficient (Wildman–Crippen LogP) is 2.39. The van der Waals surface area contributed by atoms with Crippen LogP contribution in [0.25, 0.3) is 0 Å². The van der Waals surface area contributed by atoms with Crippen LogP contribution >= 0.6 is 15.9 Å². The molecule has 28 heavy (non-hydrogen) atoms. The molecule has 0 aliphatic carbocycles. The molecule has 3 heterocycles. The number of pyridine rings is 1. The monoisotopic (exact) mass is 443 g/mol. The Morgan fingerprint density at radius 3 is 2.43 bits per heavy atom. The number of piperazine rings is 1. The number of nitrogens with zero attached hydrogens (tertiary/aromatic N) is 4. The summed E-state index contributed by atoms with van der Waals surface area (Å²) < 4.78 is 0.930. The van der Waals surface area contributed by atoms with E-state index in [1.54, 1.807) is 13.1 Å². The molecule has 0 radical (unpaired) electrons. The first kappa shape index (κ1) is 18.9. The van der Waals surface area contributed by atoms with E-state index < -0.39 is 5.54 Å². The zero-order chi connectivity index (χ0) is 19.7. The lowest BCUT2D eigenvalue weighted by molar-refractivity contribution is -0.132. The van der Waals surface area contributed by atoms with Gasteiger partial charge in [0.2, 0.25) is 0 Å². The fourth-order valence-corrected chi connectivity index (χ4v) is 3.93. The van der Waals surface area contributed by atoms with E-state index in [4.69, 9.17) is 0 Å². The third kappa shape index (κ3) is 3.49. The molecule has 0 saturated carbocycles. The van der Waals surface area contributed by atoms with Gasteiger partial charge in [-0.2, -0.15) is 0 Å². The molecule has 4 rings (SSSR count). The van der Waals surface area contributed by atoms with Crippen molar-refractivity contribution in [1.82, 2.24) is 20.1 Å². The minimum atomic E-state index is -1.03. The molecule has 0 bridgehead atoms. The molecule has 2 fully saturated rings. The summed E-state index contributed by atoms with van der Waals surface area (Å²) in [5, 5.41) is 2.87. The molecule has 1 aromatic carbocycles. The third-order valence-corrected chi connectivity index (χ3v) is 5.91. The second-order valence-electron chi connectivity index (χ2n) is 7.23. The topological polar surface area (TPSA) is 68.8 Å². The molecular weight excluding hydrogens is 422 g/mol. The number of urea groups is 1. The highest BCUT2D eigenvalue weighted by Gasteiger charge is 2.49. The second-order valence-corrected chi connectivity index (χ2v) is 8.15. The van der Waals surface area contributed by atoms with E-state index in [1.165, 1.54) is 4.90 Å². The predicted molar refractivity (Wildman–Crippen MR) is 110 cm³/mol. The molecule has 1 aromatic heterocycles. The van der Waals surface area contributed by atoms with Gasteiger partial charge in [-0.3, -0.25) is 9.69 Å². The fraction of sp³-hybridized carbons (Fsp3) is 0.350. The maximum atomic E-state index is 13.1. The van der Waals surface area contributed by atoms with Gasteiger partial charge in [0, 0.05) is 36.8 Å². The van der Waals surface area contributed by atoms with Gasteiger partial charge in [-0.1, -0.05) is 34.1 Å². The summed E-state index contributed by atoms with van der Waals surface area (Å²) in [5.41, 5.74) is -0.260. The van der Waals surface area contributed by atoms with E-state index in [9.17, 15) is 9.59 Å². The number of amides is 3. The summed E-state index contributed by atoms with van der Waals surface area (Å²) in [4.78, 5) is 35.7. The van der Waals surface area contributed by atoms with E-state index in [0.717, 1.165) is 42.0 Å². The van der Waals surface area contributed by atoms with Crippen LogP contribution in [0.15, 0.2) is 53.1 Å². The highest BCUT2D eigenvalue weighted by molar-refractivity contribution is 9.10. The van der Waals surface area contributed by atoms with Crippen molar-refractivity contribution in [2.45, 2.75) is 12.5 Å². The molecule has 2 saturated heterocycles. The maximum Gasteiger partial charge on any atom is 0.326 e. The largest absolute Gasteiger partial charge is 0.354 e. The van der Waals surface area contributed by atoms with Gasteiger partial charge in [0.05, 0.1) is 6.67 Å². The molecule has 2 aliphatic heterocycles. The summed E-state index contributed by atoms with van der Waals surface area (Å²) in [6, 6.07) is 13.0. The zero-order valence-corrected chi connectivity index (χ0v) is 17.2. The molecule has 0 spiro atoms. The van der Waals surface area contributed by atoms with Crippen molar-refractivity contribution in [3.63, 3.8) is 0 Å². The molecule has 2 aromatic rings. The Morgan fingerprint density at radius 2 is 1.79 bits per heavy atom. The van der Waals surface area contributed by atoms with Gasteiger partial charge in [0.15, 0.2) is 0 Å². The molecule has 146 valence electrons. The first-order chi connectivity index (χ1) is 13.5. The van der Waals surface area contributed by atoms with Crippen molar-refractivity contribution in [2.75, 3.05) is 37.7 Å². The molecule has 1 N–H and O–H groups in total. The smallest absolute Gasteiger partial charge is 0.326 e. The highest BCUT2D eigenvalue weighted by atomic mass is 79.9. The number of nitrogens with one attached hydrogen (secondary N) is 1. The highest BCUT2D eigenvalue weighted by Crippen LogP contribution is 2.30. The first-order valence-electron chi connectivity index (χ1n) is 9.26. The van der Waals surface area contributed by atoms with Crippen molar-refractivity contribution in [3.8, 4) is 0 Å². The number of imide groups is 1. The SMILES string of the molecule is CC1(c2ccc(Br)cc2)NC(=O)N(CN2CCN(c3ccccn3)CC2)C1=O. The van der Waals surface area contributed by atoms with Gasteiger partial charge < -0.3 is 10.2 Å². The first-order valence-corrected chi connectivity index (χ1v) is 10.1. The van der Waals surface area contributed by atoms with E-state index in [1.807, 2.05) is 42.5 Å². The normalized spacial score (nSPS) is 23.2. The quantitative estimate of drug-likeness (QED) is 0.734. The Kier molecular flexibility index (Phi) is 5.07. The van der Waals surface area contributed by atoms with Gasteiger partial charge in [-0.25, -0.2) is 14.7 Å². The summed E-state index contributed by atoms with van der Waals surface area (Å²) in [7, 11) is 0. The minimum Gasteiger partial charge on any atom is -0.354 e. The van der Waals surface area contributed by atoms with Crippen molar-refractivity contribution >= 4 is 33.7 Å². The Balaban J connectivity index is 1.41. The standard InChI is InChI=1S/C20H22BrN5O2/c1-20(15-5-7-16(21)8-6-15)18(27)26(19(28)23-20)14-24-10-12-25(13-11-24)17-4-2-3-9-22-17/h2-9H,10-14H2,1H3,(H,23,28). The summed E-state index contributed by atoms with van der Waals surface area (Å²) in [5.74, 6) is 0.743. The van der Waals surface area contributed by atoms with Gasteiger partial charge in [-0.15, -0.1) is 0 Å². The van der Waals surface area contributed by atoms with Crippen LogP contribution in [0.2, 0.25) is 0 Å². The number of hydrogen-bond acceptors (Lipinski definition) is 5. The molecule has 3 amide bonds. The van der Waals surface area contributed by atoms with Crippen LogP contribution in [0.1, 0.15) is 12.5 Å². The maximum absolute atomic E-state index is 13.1. The van der Waals surface area contributed by atoms with Crippen molar-refractivity contribution in [3.05, 3.63) is 58.7 Å². The summed E-state index contributed by atoms with van der Waals surface area (Å²) in [6.45, 7) is 5.21. The summed E-state index contributed by atoms with van der Waals surface area (Å²) in [6.07, 6.45) is 1.79. The second kappa shape index (κ2) is 7.52. The number of hydrogen-bond donors (Lipinski definition) is 1. The number of anilines is 1. The van der Waals surface area contributed by atoms with Crippen molar-refractivity contribution in [1.29, 1.82) is 0 Å². The van der Waals surface area contributed by atoms with Crippen molar-refractivity contribution < 1.29 is 9.59 Å². The van der Waals surface area contributed by atoms with Crippen LogP contribution in [-0.2, 0) is 10.3 Å². The van der Waals surface area contributed by atoms with Gasteiger partial charge >= 0.3 is 6.03 Å². The molecule has 1 atom stereocenters. The average Bonchev–Trinajstić information content (AvgIpc) is 2.93. The molecule has 2 aliphatic rings. The number of carbonyl (C=O) groups excluding carboxylic acids is 2. The van der Waals surface area contributed by atoms with E-state index >= 15 is 0 Å². The van der Waals surface area contributed by atoms with E-state index in [0.29, 0.717) is 6.67 Å². The fourth-order valence-electron chi connectivity index (χ4n) is 3.66. The molecule has 1 unspecified atom stereocenters. The minimum absolute atomic E-state index is 0.216. The van der Waals surface area contributed by atoms with Crippen LogP contribution in [0.3, 0.4) is 0 Å². The number of halogens is 1. The van der Waals surface area contributed by atoms with Crippen LogP contribution in [-0.4, -0.2) is 59.6 Å². The lowest BCUT2D eigenvalue weighted by atomic mass is 9.92. The van der Waals surface area contributed by atoms with Crippen LogP contribution in [0.5, 0.6) is 0 Å². The number of rotatable bonds is 4. The average molecular weight is 444 g/mol. The van der Waals surface area contributed by atoms with Crippen molar-refractivity contribution in [2.24, 2.45) is 0 Å². The Bertz CT molecular complexity index is 868. The van der Waals surface area contributed by atoms with Gasteiger partial charge in [0.25, 0.3) is 5.91 Å². The zero-order valence-electron chi connectivity index (χ0n) is 15.6. The number of benzene rings is 1.